The van der Waals surface area contributed by atoms with Gasteiger partial charge >= 0.3 is 5.97 Å². The monoisotopic (exact) mass is 277 g/mol. The molecule has 0 saturated carbocycles. The standard InChI is InChI=1S/C15H23N3O2/c1-17-6-2-3-11(8-17)7-13-10-18-9-12(15(19)20)4-5-14(18)16-13/h10-12H,2-9H2,1H3,(H,19,20). The van der Waals surface area contributed by atoms with Gasteiger partial charge in [-0.3, -0.25) is 4.79 Å². The summed E-state index contributed by atoms with van der Waals surface area (Å²) in [7, 11) is 2.18. The van der Waals surface area contributed by atoms with E-state index in [2.05, 4.69) is 22.7 Å². The molecule has 2 unspecified atom stereocenters. The molecule has 1 aromatic heterocycles. The lowest BCUT2D eigenvalue weighted by molar-refractivity contribution is -0.142. The highest BCUT2D eigenvalue weighted by molar-refractivity contribution is 5.70. The minimum atomic E-state index is -0.681. The van der Waals surface area contributed by atoms with Gasteiger partial charge in [0.05, 0.1) is 11.6 Å². The Hall–Kier alpha value is -1.36. The van der Waals surface area contributed by atoms with Gasteiger partial charge in [0, 0.05) is 25.7 Å². The summed E-state index contributed by atoms with van der Waals surface area (Å²) >= 11 is 0. The molecular weight excluding hydrogens is 254 g/mol. The Labute approximate surface area is 119 Å². The van der Waals surface area contributed by atoms with E-state index in [1.165, 1.54) is 19.4 Å². The van der Waals surface area contributed by atoms with Gasteiger partial charge < -0.3 is 14.6 Å². The summed E-state index contributed by atoms with van der Waals surface area (Å²) in [5.74, 6) is 0.841. The number of hydrogen-bond donors (Lipinski definition) is 1. The van der Waals surface area contributed by atoms with Gasteiger partial charge in [0.2, 0.25) is 0 Å². The lowest BCUT2D eigenvalue weighted by atomic mass is 9.94. The van der Waals surface area contributed by atoms with E-state index in [0.29, 0.717) is 12.5 Å². The Morgan fingerprint density at radius 3 is 3.05 bits per heavy atom. The molecule has 2 aliphatic heterocycles. The Balaban J connectivity index is 1.66. The topological polar surface area (TPSA) is 58.4 Å². The van der Waals surface area contributed by atoms with Crippen LogP contribution in [0.15, 0.2) is 6.20 Å². The third-order valence-corrected chi connectivity index (χ3v) is 4.61. The number of carboxylic acid groups (broad SMARTS) is 1. The molecule has 20 heavy (non-hydrogen) atoms. The quantitative estimate of drug-likeness (QED) is 0.907. The van der Waals surface area contributed by atoms with Crippen molar-refractivity contribution in [2.45, 2.75) is 38.6 Å². The fourth-order valence-electron chi connectivity index (χ4n) is 3.54. The van der Waals surface area contributed by atoms with Crippen molar-refractivity contribution in [3.8, 4) is 0 Å². The molecule has 2 aliphatic rings. The van der Waals surface area contributed by atoms with Crippen LogP contribution in [-0.4, -0.2) is 45.7 Å². The number of likely N-dealkylation sites (tertiary alicyclic amines) is 1. The van der Waals surface area contributed by atoms with Crippen LogP contribution < -0.4 is 0 Å². The van der Waals surface area contributed by atoms with Crippen molar-refractivity contribution in [3.63, 3.8) is 0 Å². The lowest BCUT2D eigenvalue weighted by Gasteiger charge is -2.29. The fourth-order valence-corrected chi connectivity index (χ4v) is 3.54. The molecule has 0 aliphatic carbocycles. The van der Waals surface area contributed by atoms with Crippen LogP contribution in [0.3, 0.4) is 0 Å². The van der Waals surface area contributed by atoms with Crippen LogP contribution >= 0.6 is 0 Å². The number of fused-ring (bicyclic) bond motifs is 1. The summed E-state index contributed by atoms with van der Waals surface area (Å²) in [6.07, 6.45) is 7.18. The molecule has 1 aromatic rings. The van der Waals surface area contributed by atoms with Crippen molar-refractivity contribution in [1.29, 1.82) is 0 Å². The average molecular weight is 277 g/mol. The van der Waals surface area contributed by atoms with E-state index in [-0.39, 0.29) is 5.92 Å². The first-order valence-electron chi connectivity index (χ1n) is 7.58. The molecule has 5 heteroatoms. The molecule has 0 bridgehead atoms. The molecule has 1 fully saturated rings. The van der Waals surface area contributed by atoms with Gasteiger partial charge in [-0.2, -0.15) is 0 Å². The van der Waals surface area contributed by atoms with Crippen molar-refractivity contribution >= 4 is 5.97 Å². The highest BCUT2D eigenvalue weighted by Crippen LogP contribution is 2.23. The number of aromatic nitrogens is 2. The van der Waals surface area contributed by atoms with Crippen LogP contribution in [0.5, 0.6) is 0 Å². The van der Waals surface area contributed by atoms with Crippen molar-refractivity contribution in [2.75, 3.05) is 20.1 Å². The van der Waals surface area contributed by atoms with Gasteiger partial charge in [0.15, 0.2) is 0 Å². The molecular formula is C15H23N3O2. The van der Waals surface area contributed by atoms with Crippen molar-refractivity contribution in [1.82, 2.24) is 14.5 Å². The summed E-state index contributed by atoms with van der Waals surface area (Å²) in [5, 5.41) is 9.12. The molecule has 1 N–H and O–H groups in total. The smallest absolute Gasteiger partial charge is 0.308 e. The summed E-state index contributed by atoms with van der Waals surface area (Å²) in [6.45, 7) is 2.94. The lowest BCUT2D eigenvalue weighted by Crippen LogP contribution is -2.33. The van der Waals surface area contributed by atoms with Gasteiger partial charge in [-0.15, -0.1) is 0 Å². The molecule has 1 saturated heterocycles. The van der Waals surface area contributed by atoms with E-state index in [0.717, 1.165) is 37.3 Å². The predicted octanol–water partition coefficient (Wildman–Crippen LogP) is 1.41. The van der Waals surface area contributed by atoms with Crippen LogP contribution in [0.25, 0.3) is 0 Å². The zero-order valence-electron chi connectivity index (χ0n) is 12.1. The molecule has 3 rings (SSSR count). The zero-order valence-corrected chi connectivity index (χ0v) is 12.1. The number of imidazole rings is 1. The number of rotatable bonds is 3. The summed E-state index contributed by atoms with van der Waals surface area (Å²) in [6, 6.07) is 0. The Morgan fingerprint density at radius 1 is 1.45 bits per heavy atom. The Morgan fingerprint density at radius 2 is 2.30 bits per heavy atom. The number of aryl methyl sites for hydroxylation is 1. The first-order valence-corrected chi connectivity index (χ1v) is 7.58. The van der Waals surface area contributed by atoms with Crippen molar-refractivity contribution in [3.05, 3.63) is 17.7 Å². The number of piperidine rings is 1. The maximum Gasteiger partial charge on any atom is 0.308 e. The minimum absolute atomic E-state index is 0.245. The molecule has 0 spiro atoms. The first-order chi connectivity index (χ1) is 9.61. The fraction of sp³-hybridized carbons (Fsp3) is 0.733. The second kappa shape index (κ2) is 5.56. The van der Waals surface area contributed by atoms with Gasteiger partial charge in [0.25, 0.3) is 0 Å². The predicted molar refractivity (Wildman–Crippen MR) is 75.6 cm³/mol. The number of aliphatic carboxylic acids is 1. The third-order valence-electron chi connectivity index (χ3n) is 4.61. The summed E-state index contributed by atoms with van der Waals surface area (Å²) in [4.78, 5) is 18.2. The van der Waals surface area contributed by atoms with Crippen LogP contribution in [0, 0.1) is 11.8 Å². The third kappa shape index (κ3) is 2.87. The highest BCUT2D eigenvalue weighted by atomic mass is 16.4. The molecule has 0 amide bonds. The molecule has 0 radical (unpaired) electrons. The minimum Gasteiger partial charge on any atom is -0.481 e. The molecule has 110 valence electrons. The van der Waals surface area contributed by atoms with E-state index in [1.807, 2.05) is 0 Å². The SMILES string of the molecule is CN1CCCC(Cc2cn3c(n2)CCC(C(=O)O)C3)C1. The number of carboxylic acids is 1. The maximum absolute atomic E-state index is 11.1. The zero-order chi connectivity index (χ0) is 14.1. The highest BCUT2D eigenvalue weighted by Gasteiger charge is 2.26. The molecule has 5 nitrogen and oxygen atoms in total. The van der Waals surface area contributed by atoms with Crippen LogP contribution in [0.1, 0.15) is 30.8 Å². The van der Waals surface area contributed by atoms with E-state index in [4.69, 9.17) is 10.1 Å². The van der Waals surface area contributed by atoms with E-state index in [1.54, 1.807) is 0 Å². The van der Waals surface area contributed by atoms with Crippen molar-refractivity contribution in [2.24, 2.45) is 11.8 Å². The van der Waals surface area contributed by atoms with Gasteiger partial charge in [0.1, 0.15) is 5.82 Å². The summed E-state index contributed by atoms with van der Waals surface area (Å²) < 4.78 is 2.06. The summed E-state index contributed by atoms with van der Waals surface area (Å²) in [5.41, 5.74) is 1.14. The maximum atomic E-state index is 11.1. The van der Waals surface area contributed by atoms with Gasteiger partial charge in [-0.25, -0.2) is 4.98 Å². The first kappa shape index (κ1) is 13.6. The molecule has 0 aromatic carbocycles. The number of carbonyl (C=O) groups is 1. The van der Waals surface area contributed by atoms with Crippen molar-refractivity contribution < 1.29 is 9.90 Å². The second-order valence-corrected chi connectivity index (χ2v) is 6.35. The largest absolute Gasteiger partial charge is 0.481 e. The Kier molecular flexibility index (Phi) is 3.78. The normalized spacial score (nSPS) is 27.2. The van der Waals surface area contributed by atoms with E-state index in [9.17, 15) is 4.79 Å². The van der Waals surface area contributed by atoms with Gasteiger partial charge in [-0.05, 0) is 45.2 Å². The van der Waals surface area contributed by atoms with Gasteiger partial charge in [-0.1, -0.05) is 0 Å². The van der Waals surface area contributed by atoms with Crippen LogP contribution in [0.4, 0.5) is 0 Å². The molecule has 2 atom stereocenters. The van der Waals surface area contributed by atoms with E-state index >= 15 is 0 Å². The number of hydrogen-bond acceptors (Lipinski definition) is 3. The number of nitrogens with zero attached hydrogens (tertiary/aromatic N) is 3. The van der Waals surface area contributed by atoms with E-state index < -0.39 is 5.97 Å². The van der Waals surface area contributed by atoms with Crippen LogP contribution in [0.2, 0.25) is 0 Å². The van der Waals surface area contributed by atoms with Crippen LogP contribution in [-0.2, 0) is 24.2 Å². The average Bonchev–Trinajstić information content (AvgIpc) is 2.79. The Bertz CT molecular complexity index is 497. The second-order valence-electron chi connectivity index (χ2n) is 6.35. The molecule has 3 heterocycles.